The molecule has 9 nitrogen and oxygen atoms in total. The summed E-state index contributed by atoms with van der Waals surface area (Å²) in [4.78, 5) is 27.3. The molecule has 32 heavy (non-hydrogen) atoms. The highest BCUT2D eigenvalue weighted by molar-refractivity contribution is 6.01. The van der Waals surface area contributed by atoms with Gasteiger partial charge in [0.15, 0.2) is 6.10 Å². The van der Waals surface area contributed by atoms with E-state index < -0.39 is 36.4 Å². The minimum atomic E-state index is -1.74. The number of para-hydroxylation sites is 2. The first-order chi connectivity index (χ1) is 15.0. The zero-order chi connectivity index (χ0) is 24.1. The SMILES string of the molecule is CCN1C(=O)C(NC(=O)[C@H](OC)[C@H](O)[C@@H](O)[C@H](O)/C=C/C(C)(C)C)COc2ccccc21. The Kier molecular flexibility index (Phi) is 8.80. The van der Waals surface area contributed by atoms with Crippen molar-refractivity contribution in [2.75, 3.05) is 25.2 Å². The average molecular weight is 451 g/mol. The van der Waals surface area contributed by atoms with Crippen LogP contribution in [0.5, 0.6) is 5.75 Å². The number of rotatable bonds is 8. The molecule has 0 spiro atoms. The quantitative estimate of drug-likeness (QED) is 0.427. The summed E-state index contributed by atoms with van der Waals surface area (Å²) in [6.45, 7) is 7.80. The van der Waals surface area contributed by atoms with Gasteiger partial charge in [-0.15, -0.1) is 0 Å². The lowest BCUT2D eigenvalue weighted by molar-refractivity contribution is -0.150. The molecule has 1 unspecified atom stereocenters. The molecule has 5 atom stereocenters. The number of nitrogens with one attached hydrogen (secondary N) is 1. The van der Waals surface area contributed by atoms with Crippen LogP contribution in [-0.2, 0) is 14.3 Å². The maximum atomic E-state index is 13.0. The molecular weight excluding hydrogens is 416 g/mol. The highest BCUT2D eigenvalue weighted by Crippen LogP contribution is 2.30. The van der Waals surface area contributed by atoms with Crippen LogP contribution in [0.2, 0.25) is 0 Å². The number of likely N-dealkylation sites (N-methyl/N-ethyl adjacent to an activating group) is 1. The molecule has 2 rings (SSSR count). The Hall–Kier alpha value is -2.46. The Labute approximate surface area is 188 Å². The number of fused-ring (bicyclic) bond motifs is 1. The van der Waals surface area contributed by atoms with E-state index in [0.717, 1.165) is 0 Å². The molecule has 1 heterocycles. The van der Waals surface area contributed by atoms with Crippen molar-refractivity contribution in [1.29, 1.82) is 0 Å². The van der Waals surface area contributed by atoms with E-state index in [9.17, 15) is 24.9 Å². The predicted molar refractivity (Wildman–Crippen MR) is 119 cm³/mol. The molecule has 0 saturated heterocycles. The number of carbonyl (C=O) groups excluding carboxylic acids is 2. The molecule has 0 fully saturated rings. The summed E-state index contributed by atoms with van der Waals surface area (Å²) in [5.74, 6) is -0.661. The molecule has 0 radical (unpaired) electrons. The molecular formula is C23H34N2O7. The second-order valence-corrected chi connectivity index (χ2v) is 8.78. The van der Waals surface area contributed by atoms with Gasteiger partial charge in [-0.3, -0.25) is 9.59 Å². The standard InChI is InChI=1S/C23H34N2O7/c1-6-25-15-9-7-8-10-17(15)32-13-14(22(25)30)24-21(29)20(31-5)19(28)18(27)16(26)11-12-23(2,3)4/h7-12,14,16,18-20,26-28H,6,13H2,1-5H3,(H,24,29)/b12-11+/t14?,16-,18+,19-,20-/m1/s1. The lowest BCUT2D eigenvalue weighted by atomic mass is 9.94. The molecule has 1 aliphatic heterocycles. The van der Waals surface area contributed by atoms with Crippen molar-refractivity contribution in [2.45, 2.75) is 58.2 Å². The van der Waals surface area contributed by atoms with Gasteiger partial charge in [0.2, 0.25) is 0 Å². The minimum Gasteiger partial charge on any atom is -0.489 e. The Morgan fingerprint density at radius 2 is 1.94 bits per heavy atom. The highest BCUT2D eigenvalue weighted by atomic mass is 16.5. The zero-order valence-electron chi connectivity index (χ0n) is 19.2. The first-order valence-corrected chi connectivity index (χ1v) is 10.6. The molecule has 2 amide bonds. The van der Waals surface area contributed by atoms with Crippen LogP contribution >= 0.6 is 0 Å². The Morgan fingerprint density at radius 1 is 1.28 bits per heavy atom. The second-order valence-electron chi connectivity index (χ2n) is 8.78. The summed E-state index contributed by atoms with van der Waals surface area (Å²) in [5, 5.41) is 33.5. The van der Waals surface area contributed by atoms with Crippen LogP contribution in [-0.4, -0.2) is 77.9 Å². The largest absolute Gasteiger partial charge is 0.489 e. The predicted octanol–water partition coefficient (Wildman–Crippen LogP) is 0.617. The number of aliphatic hydroxyl groups excluding tert-OH is 3. The van der Waals surface area contributed by atoms with Gasteiger partial charge in [-0.25, -0.2) is 0 Å². The van der Waals surface area contributed by atoms with Gasteiger partial charge in [0.1, 0.15) is 36.7 Å². The number of nitrogens with zero attached hydrogens (tertiary/aromatic N) is 1. The van der Waals surface area contributed by atoms with Crippen molar-refractivity contribution in [1.82, 2.24) is 5.32 Å². The monoisotopic (exact) mass is 450 g/mol. The number of hydrogen-bond acceptors (Lipinski definition) is 7. The number of methoxy groups -OCH3 is 1. The van der Waals surface area contributed by atoms with Gasteiger partial charge in [0.25, 0.3) is 11.8 Å². The third-order valence-corrected chi connectivity index (χ3v) is 5.07. The van der Waals surface area contributed by atoms with Crippen molar-refractivity contribution in [3.63, 3.8) is 0 Å². The third-order valence-electron chi connectivity index (χ3n) is 5.07. The fraction of sp³-hybridized carbons (Fsp3) is 0.565. The summed E-state index contributed by atoms with van der Waals surface area (Å²) in [6.07, 6.45) is -3.30. The molecule has 178 valence electrons. The fourth-order valence-electron chi connectivity index (χ4n) is 3.32. The number of benzene rings is 1. The van der Waals surface area contributed by atoms with E-state index in [1.165, 1.54) is 18.1 Å². The first kappa shape index (κ1) is 25.8. The summed E-state index contributed by atoms with van der Waals surface area (Å²) in [6, 6.07) is 6.04. The summed E-state index contributed by atoms with van der Waals surface area (Å²) in [5.41, 5.74) is 0.357. The van der Waals surface area contributed by atoms with Crippen LogP contribution in [0, 0.1) is 5.41 Å². The third kappa shape index (κ3) is 6.29. The van der Waals surface area contributed by atoms with E-state index in [4.69, 9.17) is 9.47 Å². The molecule has 9 heteroatoms. The van der Waals surface area contributed by atoms with Gasteiger partial charge >= 0.3 is 0 Å². The Morgan fingerprint density at radius 3 is 2.53 bits per heavy atom. The smallest absolute Gasteiger partial charge is 0.253 e. The zero-order valence-corrected chi connectivity index (χ0v) is 19.2. The fourth-order valence-corrected chi connectivity index (χ4v) is 3.32. The molecule has 0 aliphatic carbocycles. The van der Waals surface area contributed by atoms with Crippen LogP contribution in [0.4, 0.5) is 5.69 Å². The van der Waals surface area contributed by atoms with E-state index in [-0.39, 0.29) is 17.9 Å². The molecule has 0 bridgehead atoms. The number of allylic oxidation sites excluding steroid dienone is 1. The number of carbonyl (C=O) groups is 2. The van der Waals surface area contributed by atoms with Gasteiger partial charge in [0, 0.05) is 13.7 Å². The van der Waals surface area contributed by atoms with Crippen LogP contribution in [0.15, 0.2) is 36.4 Å². The highest BCUT2D eigenvalue weighted by Gasteiger charge is 2.38. The number of anilines is 1. The van der Waals surface area contributed by atoms with E-state index in [2.05, 4.69) is 5.32 Å². The molecule has 1 aromatic rings. The van der Waals surface area contributed by atoms with Crippen LogP contribution in [0.3, 0.4) is 0 Å². The maximum absolute atomic E-state index is 13.0. The first-order valence-electron chi connectivity index (χ1n) is 10.6. The number of hydrogen-bond donors (Lipinski definition) is 4. The number of amides is 2. The maximum Gasteiger partial charge on any atom is 0.253 e. The van der Waals surface area contributed by atoms with Gasteiger partial charge in [0.05, 0.1) is 5.69 Å². The topological polar surface area (TPSA) is 129 Å². The van der Waals surface area contributed by atoms with E-state index in [0.29, 0.717) is 18.0 Å². The normalized spacial score (nSPS) is 20.7. The van der Waals surface area contributed by atoms with Gasteiger partial charge in [-0.05, 0) is 24.5 Å². The van der Waals surface area contributed by atoms with Crippen molar-refractivity contribution < 1.29 is 34.4 Å². The summed E-state index contributed by atoms with van der Waals surface area (Å²) >= 11 is 0. The second kappa shape index (κ2) is 10.9. The van der Waals surface area contributed by atoms with Crippen molar-refractivity contribution >= 4 is 17.5 Å². The Bertz CT molecular complexity index is 821. The molecule has 4 N–H and O–H groups in total. The molecule has 1 aromatic carbocycles. The Balaban J connectivity index is 2.12. The van der Waals surface area contributed by atoms with Crippen molar-refractivity contribution in [3.05, 3.63) is 36.4 Å². The average Bonchev–Trinajstić information content (AvgIpc) is 2.87. The van der Waals surface area contributed by atoms with Crippen molar-refractivity contribution in [3.8, 4) is 5.75 Å². The lowest BCUT2D eigenvalue weighted by Crippen LogP contribution is -2.57. The summed E-state index contributed by atoms with van der Waals surface area (Å²) in [7, 11) is 1.19. The number of ether oxygens (including phenoxy) is 2. The van der Waals surface area contributed by atoms with Gasteiger partial charge < -0.3 is 35.0 Å². The lowest BCUT2D eigenvalue weighted by Gasteiger charge is -2.29. The molecule has 1 aliphatic rings. The van der Waals surface area contributed by atoms with Crippen LogP contribution in [0.1, 0.15) is 27.7 Å². The molecule has 0 aromatic heterocycles. The van der Waals surface area contributed by atoms with E-state index in [1.54, 1.807) is 30.3 Å². The molecule has 0 saturated carbocycles. The van der Waals surface area contributed by atoms with E-state index >= 15 is 0 Å². The van der Waals surface area contributed by atoms with Gasteiger partial charge in [-0.1, -0.05) is 45.1 Å². The number of aliphatic hydroxyl groups is 3. The van der Waals surface area contributed by atoms with E-state index in [1.807, 2.05) is 27.7 Å². The van der Waals surface area contributed by atoms with Crippen LogP contribution < -0.4 is 15.0 Å². The van der Waals surface area contributed by atoms with Gasteiger partial charge in [-0.2, -0.15) is 0 Å². The summed E-state index contributed by atoms with van der Waals surface area (Å²) < 4.78 is 10.8. The van der Waals surface area contributed by atoms with Crippen LogP contribution in [0.25, 0.3) is 0 Å². The minimum absolute atomic E-state index is 0.107. The van der Waals surface area contributed by atoms with Crippen molar-refractivity contribution in [2.24, 2.45) is 5.41 Å².